The molecule has 2 heterocycles. The first-order valence-corrected chi connectivity index (χ1v) is 15.3. The largest absolute Gasteiger partial charge is 0.458 e. The molecule has 0 spiro atoms. The van der Waals surface area contributed by atoms with Gasteiger partial charge in [0.15, 0.2) is 6.23 Å². The molecule has 232 valence electrons. The molecule has 1 saturated heterocycles. The fraction of sp³-hybridized carbons (Fsp3) is 0.900. The summed E-state index contributed by atoms with van der Waals surface area (Å²) in [5, 5.41) is 66.8. The highest BCUT2D eigenvalue weighted by Gasteiger charge is 2.71. The Hall–Kier alpha value is -1.15. The highest BCUT2D eigenvalue weighted by molar-refractivity contribution is 5.85. The van der Waals surface area contributed by atoms with E-state index in [4.69, 9.17) is 14.3 Å². The number of carbonyl (C=O) groups excluding carboxylic acids is 1. The van der Waals surface area contributed by atoms with Crippen molar-refractivity contribution in [1.82, 2.24) is 5.06 Å². The zero-order valence-corrected chi connectivity index (χ0v) is 24.3. The smallest absolute Gasteiger partial charge is 0.331 e. The van der Waals surface area contributed by atoms with E-state index < -0.39 is 54.4 Å². The molecule has 4 saturated carbocycles. The number of aliphatic hydroxyl groups is 6. The molecule has 0 radical (unpaired) electrons. The van der Waals surface area contributed by atoms with E-state index in [0.29, 0.717) is 12.8 Å². The maximum atomic E-state index is 12.5. The number of hydroxylamine groups is 2. The molecule has 0 aromatic rings. The molecule has 0 unspecified atom stereocenters. The Balaban J connectivity index is 1.22. The second-order valence-electron chi connectivity index (χ2n) is 14.1. The van der Waals surface area contributed by atoms with Crippen molar-refractivity contribution in [2.45, 2.75) is 114 Å². The SMILES string of the molecule is CON([C@H]1CC[C@@]2(C)[C@H](CC[C@@H]3[C@@H]2C[C@@H](O)[C@]2(C)[C@@H](C4=CC(=O)OC4)CC[C@]32O)C1)[C@H]1O[C@@H](CO)[C@H](O)[C@@H](O)[C@@H]1O. The van der Waals surface area contributed by atoms with Gasteiger partial charge in [0, 0.05) is 17.5 Å². The van der Waals surface area contributed by atoms with Crippen LogP contribution in [0.5, 0.6) is 0 Å². The quantitative estimate of drug-likeness (QED) is 0.194. The average molecular weight is 582 g/mol. The van der Waals surface area contributed by atoms with Crippen LogP contribution in [0.2, 0.25) is 0 Å². The van der Waals surface area contributed by atoms with Crippen LogP contribution in [0.4, 0.5) is 0 Å². The Labute approximate surface area is 241 Å². The number of cyclic esters (lactones) is 1. The highest BCUT2D eigenvalue weighted by Crippen LogP contribution is 2.70. The molecular weight excluding hydrogens is 534 g/mol. The van der Waals surface area contributed by atoms with Crippen LogP contribution in [0.3, 0.4) is 0 Å². The third-order valence-corrected chi connectivity index (χ3v) is 12.7. The van der Waals surface area contributed by atoms with E-state index in [2.05, 4.69) is 6.92 Å². The summed E-state index contributed by atoms with van der Waals surface area (Å²) < 4.78 is 11.0. The van der Waals surface area contributed by atoms with E-state index in [0.717, 1.165) is 44.1 Å². The van der Waals surface area contributed by atoms with Crippen molar-refractivity contribution in [3.8, 4) is 0 Å². The van der Waals surface area contributed by atoms with Crippen molar-refractivity contribution >= 4 is 5.97 Å². The highest BCUT2D eigenvalue weighted by atomic mass is 16.7. The van der Waals surface area contributed by atoms with Crippen LogP contribution < -0.4 is 0 Å². The van der Waals surface area contributed by atoms with Gasteiger partial charge in [-0.25, -0.2) is 4.79 Å². The van der Waals surface area contributed by atoms with Gasteiger partial charge in [-0.1, -0.05) is 13.8 Å². The van der Waals surface area contributed by atoms with Crippen LogP contribution in [0.1, 0.15) is 65.2 Å². The van der Waals surface area contributed by atoms with Crippen molar-refractivity contribution in [2.24, 2.45) is 34.5 Å². The van der Waals surface area contributed by atoms with E-state index in [1.165, 1.54) is 7.11 Å². The Morgan fingerprint density at radius 2 is 1.76 bits per heavy atom. The van der Waals surface area contributed by atoms with Crippen molar-refractivity contribution in [1.29, 1.82) is 0 Å². The summed E-state index contributed by atoms with van der Waals surface area (Å²) in [6.45, 7) is 4.05. The molecule has 11 nitrogen and oxygen atoms in total. The maximum absolute atomic E-state index is 12.5. The van der Waals surface area contributed by atoms with Crippen LogP contribution in [0, 0.1) is 34.5 Å². The molecule has 0 aromatic carbocycles. The first kappa shape index (κ1) is 29.9. The molecule has 4 aliphatic carbocycles. The summed E-state index contributed by atoms with van der Waals surface area (Å²) in [7, 11) is 1.49. The van der Waals surface area contributed by atoms with E-state index >= 15 is 0 Å². The van der Waals surface area contributed by atoms with Crippen LogP contribution in [0.15, 0.2) is 11.6 Å². The maximum Gasteiger partial charge on any atom is 0.331 e. The molecule has 0 bridgehead atoms. The van der Waals surface area contributed by atoms with Crippen molar-refractivity contribution in [3.05, 3.63) is 11.6 Å². The van der Waals surface area contributed by atoms with Gasteiger partial charge in [0.25, 0.3) is 0 Å². The minimum atomic E-state index is -1.48. The fourth-order valence-electron chi connectivity index (χ4n) is 10.4. The standard InChI is InChI=1S/C30H47NO10/c1-28-8-6-17(31(39-3)27-26(37)25(36)24(35)21(13-32)41-27)11-16(28)4-5-19-20(28)12-22(33)29(2)18(7-9-30(19,29)38)15-10-23(34)40-14-15/h10,16-22,24-27,32-33,35-38H,4-9,11-14H2,1-3H3/t16-,17+,18-,19-,20+,21+,22-,24+,25-,26+,27+,28+,29+,30+/m1/s1. The van der Waals surface area contributed by atoms with Crippen molar-refractivity contribution in [3.63, 3.8) is 0 Å². The Morgan fingerprint density at radius 1 is 1.00 bits per heavy atom. The number of rotatable bonds is 5. The first-order chi connectivity index (χ1) is 19.4. The second-order valence-corrected chi connectivity index (χ2v) is 14.1. The van der Waals surface area contributed by atoms with Crippen molar-refractivity contribution in [2.75, 3.05) is 20.3 Å². The summed E-state index contributed by atoms with van der Waals surface area (Å²) >= 11 is 0. The number of esters is 1. The van der Waals surface area contributed by atoms with Gasteiger partial charge < -0.3 is 40.1 Å². The van der Waals surface area contributed by atoms with E-state index in [9.17, 15) is 35.4 Å². The lowest BCUT2D eigenvalue weighted by Gasteiger charge is -2.65. The third kappa shape index (κ3) is 4.22. The van der Waals surface area contributed by atoms with Crippen LogP contribution in [0.25, 0.3) is 0 Å². The molecule has 6 rings (SSSR count). The molecule has 0 aromatic heterocycles. The van der Waals surface area contributed by atoms with Gasteiger partial charge in [0.2, 0.25) is 0 Å². The van der Waals surface area contributed by atoms with Gasteiger partial charge in [-0.2, -0.15) is 5.06 Å². The Kier molecular flexibility index (Phi) is 7.65. The van der Waals surface area contributed by atoms with Gasteiger partial charge >= 0.3 is 5.97 Å². The molecule has 6 aliphatic rings. The topological polar surface area (TPSA) is 169 Å². The molecule has 6 N–H and O–H groups in total. The number of ether oxygens (including phenoxy) is 2. The summed E-state index contributed by atoms with van der Waals surface area (Å²) in [6.07, 6.45) is 0.416. The van der Waals surface area contributed by atoms with Crippen LogP contribution >= 0.6 is 0 Å². The fourth-order valence-corrected chi connectivity index (χ4v) is 10.4. The number of aliphatic hydroxyl groups excluding tert-OH is 5. The third-order valence-electron chi connectivity index (χ3n) is 12.7. The van der Waals surface area contributed by atoms with Gasteiger partial charge in [-0.15, -0.1) is 0 Å². The van der Waals surface area contributed by atoms with Gasteiger partial charge in [-0.3, -0.25) is 4.84 Å². The van der Waals surface area contributed by atoms with Gasteiger partial charge in [0.05, 0.1) is 25.4 Å². The number of fused-ring (bicyclic) bond motifs is 5. The van der Waals surface area contributed by atoms with Crippen LogP contribution in [-0.4, -0.2) is 110 Å². The summed E-state index contributed by atoms with van der Waals surface area (Å²) in [6, 6.07) is -0.124. The number of carbonyl (C=O) groups is 1. The molecule has 14 atom stereocenters. The minimum Gasteiger partial charge on any atom is -0.458 e. The average Bonchev–Trinajstić information content (AvgIpc) is 3.50. The Morgan fingerprint density at radius 3 is 2.41 bits per heavy atom. The predicted octanol–water partition coefficient (Wildman–Crippen LogP) is 0.246. The molecule has 41 heavy (non-hydrogen) atoms. The lowest BCUT2D eigenvalue weighted by Crippen LogP contribution is -2.68. The van der Waals surface area contributed by atoms with Crippen molar-refractivity contribution < 1.29 is 49.7 Å². The number of nitrogens with zero attached hydrogens (tertiary/aromatic N) is 1. The summed E-state index contributed by atoms with van der Waals surface area (Å²) in [4.78, 5) is 17.6. The van der Waals surface area contributed by atoms with Gasteiger partial charge in [0.1, 0.15) is 31.0 Å². The van der Waals surface area contributed by atoms with Crippen LogP contribution in [-0.2, 0) is 19.1 Å². The Bertz CT molecular complexity index is 1050. The zero-order chi connectivity index (χ0) is 29.5. The molecule has 11 heteroatoms. The van der Waals surface area contributed by atoms with E-state index in [1.54, 1.807) is 11.1 Å². The second kappa shape index (κ2) is 10.5. The molecule has 5 fully saturated rings. The summed E-state index contributed by atoms with van der Waals surface area (Å²) in [5.74, 6) is 0.0192. The lowest BCUT2D eigenvalue weighted by atomic mass is 9.42. The minimum absolute atomic E-state index is 0.0429. The number of hydrogen-bond donors (Lipinski definition) is 6. The zero-order valence-electron chi connectivity index (χ0n) is 24.3. The normalized spacial score (nSPS) is 53.4. The lowest BCUT2D eigenvalue weighted by molar-refractivity contribution is -0.345. The number of hydrogen-bond acceptors (Lipinski definition) is 11. The van der Waals surface area contributed by atoms with E-state index in [-0.39, 0.29) is 47.7 Å². The first-order valence-electron chi connectivity index (χ1n) is 15.3. The molecule has 2 aliphatic heterocycles. The monoisotopic (exact) mass is 581 g/mol. The van der Waals surface area contributed by atoms with E-state index in [1.807, 2.05) is 6.92 Å². The summed E-state index contributed by atoms with van der Waals surface area (Å²) in [5.41, 5.74) is -1.01. The molecular formula is C30H47NO10. The van der Waals surface area contributed by atoms with Gasteiger partial charge in [-0.05, 0) is 86.0 Å². The molecule has 0 amide bonds. The predicted molar refractivity (Wildman–Crippen MR) is 144 cm³/mol.